The van der Waals surface area contributed by atoms with Crippen LogP contribution in [-0.4, -0.2) is 24.0 Å². The van der Waals surface area contributed by atoms with Crippen molar-refractivity contribution in [2.45, 2.75) is 50.7 Å². The van der Waals surface area contributed by atoms with Crippen molar-refractivity contribution >= 4 is 5.91 Å². The van der Waals surface area contributed by atoms with Gasteiger partial charge in [-0.2, -0.15) is 0 Å². The van der Waals surface area contributed by atoms with Crippen LogP contribution in [0.3, 0.4) is 0 Å². The molecule has 0 spiro atoms. The third-order valence-corrected chi connectivity index (χ3v) is 3.14. The summed E-state index contributed by atoms with van der Waals surface area (Å²) >= 11 is 0. The van der Waals surface area contributed by atoms with Gasteiger partial charge in [-0.3, -0.25) is 4.79 Å². The molecular formula is C11H18N2O. The van der Waals surface area contributed by atoms with Crippen LogP contribution in [-0.2, 0) is 4.79 Å². The van der Waals surface area contributed by atoms with Gasteiger partial charge in [0.2, 0.25) is 5.91 Å². The van der Waals surface area contributed by atoms with E-state index in [0.717, 1.165) is 12.8 Å². The summed E-state index contributed by atoms with van der Waals surface area (Å²) in [6, 6.07) is 1.67. The average molecular weight is 194 g/mol. The fourth-order valence-electron chi connectivity index (χ4n) is 2.58. The standard InChI is InChI=1S/C11H18N2O/c1-2-3-11(14)13-10-6-8-4-5-9(7-10)12-8/h2-3,8-10,12H,4-7H2,1H3,(H,13,14)/b3-2+. The Hall–Kier alpha value is -0.830. The normalized spacial score (nSPS) is 36.2. The van der Waals surface area contributed by atoms with Crippen LogP contribution in [0.15, 0.2) is 12.2 Å². The van der Waals surface area contributed by atoms with E-state index in [0.29, 0.717) is 18.1 Å². The van der Waals surface area contributed by atoms with Crippen LogP contribution in [0.4, 0.5) is 0 Å². The molecule has 2 aliphatic heterocycles. The third-order valence-electron chi connectivity index (χ3n) is 3.14. The molecule has 1 amide bonds. The molecule has 3 nitrogen and oxygen atoms in total. The van der Waals surface area contributed by atoms with Crippen molar-refractivity contribution in [2.75, 3.05) is 0 Å². The van der Waals surface area contributed by atoms with Crippen molar-refractivity contribution in [1.82, 2.24) is 10.6 Å². The molecule has 0 aromatic carbocycles. The Morgan fingerprint density at radius 3 is 2.57 bits per heavy atom. The van der Waals surface area contributed by atoms with E-state index in [2.05, 4.69) is 10.6 Å². The van der Waals surface area contributed by atoms with Gasteiger partial charge in [0.25, 0.3) is 0 Å². The van der Waals surface area contributed by atoms with Crippen molar-refractivity contribution < 1.29 is 4.79 Å². The number of rotatable bonds is 2. The van der Waals surface area contributed by atoms with E-state index in [4.69, 9.17) is 0 Å². The number of amides is 1. The molecule has 2 fully saturated rings. The molecule has 14 heavy (non-hydrogen) atoms. The molecule has 2 N–H and O–H groups in total. The predicted octanol–water partition coefficient (Wildman–Crippen LogP) is 0.962. The van der Waals surface area contributed by atoms with Crippen molar-refractivity contribution in [3.05, 3.63) is 12.2 Å². The molecule has 0 aromatic heterocycles. The van der Waals surface area contributed by atoms with Crippen LogP contribution < -0.4 is 10.6 Å². The predicted molar refractivity (Wildman–Crippen MR) is 55.9 cm³/mol. The first-order valence-corrected chi connectivity index (χ1v) is 5.47. The van der Waals surface area contributed by atoms with E-state index in [1.165, 1.54) is 12.8 Å². The van der Waals surface area contributed by atoms with E-state index in [1.807, 2.05) is 6.92 Å². The van der Waals surface area contributed by atoms with Crippen molar-refractivity contribution in [3.63, 3.8) is 0 Å². The molecule has 2 heterocycles. The Bertz CT molecular complexity index is 238. The first kappa shape index (κ1) is 9.71. The SMILES string of the molecule is C/C=C/C(=O)NC1CC2CCC(C1)N2. The minimum absolute atomic E-state index is 0.0544. The summed E-state index contributed by atoms with van der Waals surface area (Å²) in [4.78, 5) is 11.3. The summed E-state index contributed by atoms with van der Waals surface area (Å²) in [6.07, 6.45) is 8.13. The Morgan fingerprint density at radius 2 is 2.00 bits per heavy atom. The fourth-order valence-corrected chi connectivity index (χ4v) is 2.58. The molecular weight excluding hydrogens is 176 g/mol. The zero-order valence-electron chi connectivity index (χ0n) is 8.62. The van der Waals surface area contributed by atoms with Crippen molar-refractivity contribution in [2.24, 2.45) is 0 Å². The van der Waals surface area contributed by atoms with Gasteiger partial charge in [0.05, 0.1) is 0 Å². The van der Waals surface area contributed by atoms with Gasteiger partial charge >= 0.3 is 0 Å². The van der Waals surface area contributed by atoms with Crippen molar-refractivity contribution in [3.8, 4) is 0 Å². The molecule has 78 valence electrons. The van der Waals surface area contributed by atoms with Gasteiger partial charge in [-0.1, -0.05) is 6.08 Å². The number of carbonyl (C=O) groups is 1. The quantitative estimate of drug-likeness (QED) is 0.643. The second kappa shape index (κ2) is 4.13. The van der Waals surface area contributed by atoms with Crippen LogP contribution in [0.5, 0.6) is 0 Å². The van der Waals surface area contributed by atoms with Gasteiger partial charge in [-0.15, -0.1) is 0 Å². The molecule has 2 unspecified atom stereocenters. The highest BCUT2D eigenvalue weighted by Gasteiger charge is 2.33. The zero-order valence-corrected chi connectivity index (χ0v) is 8.62. The lowest BCUT2D eigenvalue weighted by molar-refractivity contribution is -0.117. The second-order valence-electron chi connectivity index (χ2n) is 4.31. The van der Waals surface area contributed by atoms with E-state index in [-0.39, 0.29) is 5.91 Å². The maximum Gasteiger partial charge on any atom is 0.243 e. The van der Waals surface area contributed by atoms with Crippen LogP contribution >= 0.6 is 0 Å². The summed E-state index contributed by atoms with van der Waals surface area (Å²) in [5.74, 6) is 0.0544. The molecule has 0 saturated carbocycles. The summed E-state index contributed by atoms with van der Waals surface area (Å²) in [7, 11) is 0. The topological polar surface area (TPSA) is 41.1 Å². The Morgan fingerprint density at radius 1 is 1.36 bits per heavy atom. The molecule has 2 bridgehead atoms. The Kier molecular flexibility index (Phi) is 2.87. The minimum atomic E-state index is 0.0544. The average Bonchev–Trinajstić information content (AvgIpc) is 2.46. The fraction of sp³-hybridized carbons (Fsp3) is 0.727. The first-order valence-electron chi connectivity index (χ1n) is 5.47. The molecule has 0 aromatic rings. The van der Waals surface area contributed by atoms with Gasteiger partial charge in [-0.05, 0) is 38.7 Å². The molecule has 2 atom stereocenters. The monoisotopic (exact) mass is 194 g/mol. The first-order chi connectivity index (χ1) is 6.78. The van der Waals surface area contributed by atoms with Gasteiger partial charge in [0.15, 0.2) is 0 Å². The van der Waals surface area contributed by atoms with E-state index >= 15 is 0 Å². The van der Waals surface area contributed by atoms with E-state index in [9.17, 15) is 4.79 Å². The maximum absolute atomic E-state index is 11.3. The molecule has 3 heteroatoms. The summed E-state index contributed by atoms with van der Waals surface area (Å²) in [5.41, 5.74) is 0. The summed E-state index contributed by atoms with van der Waals surface area (Å²) < 4.78 is 0. The highest BCUT2D eigenvalue weighted by Crippen LogP contribution is 2.26. The largest absolute Gasteiger partial charge is 0.350 e. The van der Waals surface area contributed by atoms with E-state index < -0.39 is 0 Å². The molecule has 2 aliphatic rings. The zero-order chi connectivity index (χ0) is 9.97. The third kappa shape index (κ3) is 2.15. The lowest BCUT2D eigenvalue weighted by Gasteiger charge is -2.29. The molecule has 0 aliphatic carbocycles. The number of hydrogen-bond donors (Lipinski definition) is 2. The smallest absolute Gasteiger partial charge is 0.243 e. The highest BCUT2D eigenvalue weighted by molar-refractivity contribution is 5.87. The number of hydrogen-bond acceptors (Lipinski definition) is 2. The van der Waals surface area contributed by atoms with Gasteiger partial charge < -0.3 is 10.6 Å². The maximum atomic E-state index is 11.3. The highest BCUT2D eigenvalue weighted by atomic mass is 16.1. The lowest BCUT2D eigenvalue weighted by atomic mass is 10.00. The van der Waals surface area contributed by atoms with Crippen LogP contribution in [0, 0.1) is 0 Å². The Labute approximate surface area is 84.9 Å². The van der Waals surface area contributed by atoms with Crippen LogP contribution in [0.25, 0.3) is 0 Å². The van der Waals surface area contributed by atoms with Gasteiger partial charge in [0.1, 0.15) is 0 Å². The number of nitrogens with one attached hydrogen (secondary N) is 2. The van der Waals surface area contributed by atoms with Gasteiger partial charge in [0, 0.05) is 18.1 Å². The number of fused-ring (bicyclic) bond motifs is 2. The lowest BCUT2D eigenvalue weighted by Crippen LogP contribution is -2.47. The summed E-state index contributed by atoms with van der Waals surface area (Å²) in [6.45, 7) is 1.87. The van der Waals surface area contributed by atoms with Crippen molar-refractivity contribution in [1.29, 1.82) is 0 Å². The van der Waals surface area contributed by atoms with Crippen LogP contribution in [0.1, 0.15) is 32.6 Å². The number of allylic oxidation sites excluding steroid dienone is 1. The van der Waals surface area contributed by atoms with Crippen LogP contribution in [0.2, 0.25) is 0 Å². The number of carbonyl (C=O) groups excluding carboxylic acids is 1. The number of piperidine rings is 1. The summed E-state index contributed by atoms with van der Waals surface area (Å²) in [5, 5.41) is 6.61. The van der Waals surface area contributed by atoms with Gasteiger partial charge in [-0.25, -0.2) is 0 Å². The minimum Gasteiger partial charge on any atom is -0.350 e. The Balaban J connectivity index is 1.84. The second-order valence-corrected chi connectivity index (χ2v) is 4.31. The molecule has 2 saturated heterocycles. The molecule has 2 rings (SSSR count). The van der Waals surface area contributed by atoms with E-state index in [1.54, 1.807) is 12.2 Å². The molecule has 0 radical (unpaired) electrons.